The van der Waals surface area contributed by atoms with Gasteiger partial charge < -0.3 is 14.7 Å². The first-order chi connectivity index (χ1) is 15.5. The summed E-state index contributed by atoms with van der Waals surface area (Å²) in [5.74, 6) is 1.38. The molecule has 1 aliphatic carbocycles. The van der Waals surface area contributed by atoms with Crippen molar-refractivity contribution in [2.75, 3.05) is 14.1 Å². The Balaban J connectivity index is 1.84. The summed E-state index contributed by atoms with van der Waals surface area (Å²) >= 11 is 0. The Hall–Kier alpha value is -1.97. The first-order valence-electron chi connectivity index (χ1n) is 12.9. The van der Waals surface area contributed by atoms with E-state index in [-0.39, 0.29) is 28.8 Å². The molecule has 1 N–H and O–H groups in total. The van der Waals surface area contributed by atoms with Gasteiger partial charge in [0.2, 0.25) is 0 Å². The van der Waals surface area contributed by atoms with Crippen LogP contribution in [-0.4, -0.2) is 35.5 Å². The number of phenolic OH excluding ortho intramolecular Hbond substituents is 1. The number of benzene rings is 1. The van der Waals surface area contributed by atoms with Crippen molar-refractivity contribution in [1.82, 2.24) is 4.90 Å². The van der Waals surface area contributed by atoms with Gasteiger partial charge in [0, 0.05) is 49.7 Å². The summed E-state index contributed by atoms with van der Waals surface area (Å²) in [7, 11) is 3.90. The minimum Gasteiger partial charge on any atom is -0.508 e. The fourth-order valence-electron chi connectivity index (χ4n) is 5.75. The molecular formula is C29H45NO3. The van der Waals surface area contributed by atoms with E-state index in [2.05, 4.69) is 40.7 Å². The van der Waals surface area contributed by atoms with Crippen molar-refractivity contribution < 1.29 is 14.6 Å². The van der Waals surface area contributed by atoms with Gasteiger partial charge >= 0.3 is 0 Å². The molecule has 0 saturated heterocycles. The van der Waals surface area contributed by atoms with E-state index in [1.54, 1.807) is 0 Å². The molecule has 0 bridgehead atoms. The molecule has 2 aliphatic rings. The molecule has 1 heterocycles. The van der Waals surface area contributed by atoms with E-state index in [9.17, 15) is 9.90 Å². The minimum atomic E-state index is -0.405. The number of hydrogen-bond donors (Lipinski definition) is 1. The van der Waals surface area contributed by atoms with Crippen molar-refractivity contribution in [1.29, 1.82) is 0 Å². The summed E-state index contributed by atoms with van der Waals surface area (Å²) in [5, 5.41) is 11.2. The van der Waals surface area contributed by atoms with Gasteiger partial charge in [0.15, 0.2) is 5.78 Å². The number of ether oxygens (including phenoxy) is 1. The number of nitrogens with zero attached hydrogens (tertiary/aromatic N) is 1. The summed E-state index contributed by atoms with van der Waals surface area (Å²) in [4.78, 5) is 14.9. The molecule has 0 unspecified atom stereocenters. The van der Waals surface area contributed by atoms with Gasteiger partial charge in [-0.15, -0.1) is 0 Å². The molecule has 4 nitrogen and oxygen atoms in total. The molecule has 4 heteroatoms. The largest absolute Gasteiger partial charge is 0.508 e. The molecule has 3 rings (SSSR count). The number of fused-ring (bicyclic) bond motifs is 3. The molecule has 1 aromatic rings. The van der Waals surface area contributed by atoms with Crippen LogP contribution in [0, 0.1) is 5.92 Å². The highest BCUT2D eigenvalue weighted by Gasteiger charge is 2.49. The molecule has 0 amide bonds. The molecular weight excluding hydrogens is 410 g/mol. The van der Waals surface area contributed by atoms with Gasteiger partial charge in [0.1, 0.15) is 17.1 Å². The van der Waals surface area contributed by atoms with E-state index < -0.39 is 5.60 Å². The van der Waals surface area contributed by atoms with Crippen molar-refractivity contribution in [2.24, 2.45) is 5.92 Å². The average molecular weight is 456 g/mol. The Bertz CT molecular complexity index is 881. The van der Waals surface area contributed by atoms with Crippen molar-refractivity contribution in [3.8, 4) is 11.5 Å². The summed E-state index contributed by atoms with van der Waals surface area (Å²) in [6, 6.07) is 4.07. The Kier molecular flexibility index (Phi) is 7.86. The molecule has 1 saturated carbocycles. The third kappa shape index (κ3) is 5.75. The number of carbonyl (C=O) groups excluding carboxylic acids is 1. The standard InChI is InChI=1S/C29H45NO3/c1-8-9-10-11-12-13-14-28(2,3)21-16-25(32)27-22-18-24(31)20(19-30(6)7)15-23(22)29(4,5)33-26(27)17-21/h16-17,19,22-23,32H,8-15,18H2,1-7H3/b20-19-/t22-,23-/m1/s1. The van der Waals surface area contributed by atoms with Crippen LogP contribution in [0.3, 0.4) is 0 Å². The number of phenols is 1. The lowest BCUT2D eigenvalue weighted by Gasteiger charge is -2.48. The second-order valence-electron chi connectivity index (χ2n) is 11.7. The first kappa shape index (κ1) is 25.6. The van der Waals surface area contributed by atoms with Gasteiger partial charge in [-0.1, -0.05) is 59.3 Å². The molecule has 0 radical (unpaired) electrons. The van der Waals surface area contributed by atoms with Crippen LogP contribution in [0.25, 0.3) is 0 Å². The zero-order valence-electron chi connectivity index (χ0n) is 22.0. The molecule has 184 valence electrons. The van der Waals surface area contributed by atoms with Gasteiger partial charge in [-0.25, -0.2) is 0 Å². The van der Waals surface area contributed by atoms with Gasteiger partial charge in [-0.2, -0.15) is 0 Å². The predicted octanol–water partition coefficient (Wildman–Crippen LogP) is 7.10. The third-order valence-electron chi connectivity index (χ3n) is 7.80. The van der Waals surface area contributed by atoms with Crippen LogP contribution in [0.5, 0.6) is 11.5 Å². The van der Waals surface area contributed by atoms with Crippen molar-refractivity contribution in [2.45, 2.75) is 109 Å². The fraction of sp³-hybridized carbons (Fsp3) is 0.690. The Labute approximate surface area is 201 Å². The third-order valence-corrected chi connectivity index (χ3v) is 7.80. The minimum absolute atomic E-state index is 0.00806. The van der Waals surface area contributed by atoms with Crippen molar-refractivity contribution in [3.63, 3.8) is 0 Å². The Morgan fingerprint density at radius 1 is 1.12 bits per heavy atom. The number of hydrogen-bond acceptors (Lipinski definition) is 4. The van der Waals surface area contributed by atoms with E-state index in [1.807, 2.05) is 31.3 Å². The van der Waals surface area contributed by atoms with E-state index in [1.165, 1.54) is 38.5 Å². The predicted molar refractivity (Wildman–Crippen MR) is 136 cm³/mol. The first-order valence-corrected chi connectivity index (χ1v) is 12.9. The van der Waals surface area contributed by atoms with Crippen molar-refractivity contribution in [3.05, 3.63) is 35.0 Å². The molecule has 2 atom stereocenters. The molecule has 0 aromatic heterocycles. The number of ketones is 1. The number of rotatable bonds is 9. The highest BCUT2D eigenvalue weighted by atomic mass is 16.5. The second kappa shape index (κ2) is 10.1. The van der Waals surface area contributed by atoms with Crippen LogP contribution in [-0.2, 0) is 10.2 Å². The monoisotopic (exact) mass is 455 g/mol. The maximum atomic E-state index is 12.9. The van der Waals surface area contributed by atoms with Gasteiger partial charge in [0.05, 0.1) is 0 Å². The lowest BCUT2D eigenvalue weighted by Crippen LogP contribution is -2.47. The Morgan fingerprint density at radius 2 is 1.79 bits per heavy atom. The van der Waals surface area contributed by atoms with Crippen LogP contribution < -0.4 is 4.74 Å². The average Bonchev–Trinajstić information content (AvgIpc) is 2.70. The van der Waals surface area contributed by atoms with E-state index >= 15 is 0 Å². The van der Waals surface area contributed by atoms with E-state index in [4.69, 9.17) is 4.74 Å². The SMILES string of the molecule is CCCCCCCCC(C)(C)c1cc(O)c2c(c1)OC(C)(C)[C@@H]1C/C(=C/N(C)C)C(=O)C[C@@H]21. The maximum Gasteiger partial charge on any atom is 0.160 e. The van der Waals surface area contributed by atoms with E-state index in [0.29, 0.717) is 12.8 Å². The number of allylic oxidation sites excluding steroid dienone is 1. The highest BCUT2D eigenvalue weighted by molar-refractivity contribution is 5.97. The molecule has 33 heavy (non-hydrogen) atoms. The maximum absolute atomic E-state index is 12.9. The summed E-state index contributed by atoms with van der Waals surface area (Å²) in [5.41, 5.74) is 2.37. The molecule has 1 aliphatic heterocycles. The fourth-order valence-corrected chi connectivity index (χ4v) is 5.75. The molecule has 1 fully saturated rings. The van der Waals surface area contributed by atoms with Crippen LogP contribution in [0.4, 0.5) is 0 Å². The number of aromatic hydroxyl groups is 1. The lowest BCUT2D eigenvalue weighted by molar-refractivity contribution is -0.119. The molecule has 0 spiro atoms. The highest BCUT2D eigenvalue weighted by Crippen LogP contribution is 2.55. The van der Waals surface area contributed by atoms with Gasteiger partial charge in [0.25, 0.3) is 0 Å². The van der Waals surface area contributed by atoms with E-state index in [0.717, 1.165) is 28.9 Å². The Morgan fingerprint density at radius 3 is 2.45 bits per heavy atom. The number of carbonyl (C=O) groups is 1. The van der Waals surface area contributed by atoms with Crippen LogP contribution in [0.2, 0.25) is 0 Å². The zero-order chi connectivity index (χ0) is 24.4. The normalized spacial score (nSPS) is 23.1. The summed E-state index contributed by atoms with van der Waals surface area (Å²) in [6.45, 7) is 11.0. The smallest absolute Gasteiger partial charge is 0.160 e. The quantitative estimate of drug-likeness (QED) is 0.319. The van der Waals surface area contributed by atoms with Crippen LogP contribution in [0.15, 0.2) is 23.9 Å². The van der Waals surface area contributed by atoms with Crippen molar-refractivity contribution >= 4 is 5.78 Å². The van der Waals surface area contributed by atoms with Gasteiger partial charge in [-0.05, 0) is 49.8 Å². The lowest BCUT2D eigenvalue weighted by atomic mass is 9.64. The zero-order valence-corrected chi connectivity index (χ0v) is 22.0. The van der Waals surface area contributed by atoms with Crippen LogP contribution >= 0.6 is 0 Å². The number of unbranched alkanes of at least 4 members (excludes halogenated alkanes) is 5. The van der Waals surface area contributed by atoms with Gasteiger partial charge in [-0.3, -0.25) is 4.79 Å². The summed E-state index contributed by atoms with van der Waals surface area (Å²) in [6.07, 6.45) is 11.8. The van der Waals surface area contributed by atoms with Crippen LogP contribution in [0.1, 0.15) is 109 Å². The molecule has 1 aromatic carbocycles. The summed E-state index contributed by atoms with van der Waals surface area (Å²) < 4.78 is 6.55. The second-order valence-corrected chi connectivity index (χ2v) is 11.7. The number of Topliss-reactive ketones (excluding diaryl/α,β-unsaturated/α-hetero) is 1. The topological polar surface area (TPSA) is 49.8 Å².